The van der Waals surface area contributed by atoms with Crippen LogP contribution in [0.5, 0.6) is 0 Å². The molecule has 4 aromatic rings. The molecule has 0 aliphatic carbocycles. The molecule has 0 saturated carbocycles. The second-order valence-corrected chi connectivity index (χ2v) is 7.24. The highest BCUT2D eigenvalue weighted by molar-refractivity contribution is 5.97. The standard InChI is InChI=1S/C23H18F2N6O3/c24-18-8-4-15(5-9-18)13-26-22-28-23(27-14-16-6-10-19(25)11-7-16)30(29-22)21(32)17-2-1-3-20(12-17)31(33)34/h1-12H,13-14H2,(H2,26,27,28,29). The molecule has 172 valence electrons. The van der Waals surface area contributed by atoms with Crippen molar-refractivity contribution in [3.05, 3.63) is 111 Å². The molecule has 0 unspecified atom stereocenters. The molecule has 0 saturated heterocycles. The van der Waals surface area contributed by atoms with Crippen LogP contribution in [0.3, 0.4) is 0 Å². The maximum Gasteiger partial charge on any atom is 0.281 e. The third-order valence-corrected chi connectivity index (χ3v) is 4.83. The lowest BCUT2D eigenvalue weighted by Crippen LogP contribution is -2.18. The smallest absolute Gasteiger partial charge is 0.281 e. The number of hydrogen-bond acceptors (Lipinski definition) is 7. The number of nitro benzene ring substituents is 1. The van der Waals surface area contributed by atoms with Crippen LogP contribution in [0.25, 0.3) is 0 Å². The van der Waals surface area contributed by atoms with Crippen LogP contribution in [-0.4, -0.2) is 25.6 Å². The summed E-state index contributed by atoms with van der Waals surface area (Å²) >= 11 is 0. The number of nitrogens with one attached hydrogen (secondary N) is 2. The zero-order valence-electron chi connectivity index (χ0n) is 17.6. The first kappa shape index (κ1) is 22.5. The number of anilines is 2. The number of nitro groups is 1. The van der Waals surface area contributed by atoms with Crippen LogP contribution in [0.2, 0.25) is 0 Å². The number of benzene rings is 3. The molecule has 9 nitrogen and oxygen atoms in total. The van der Waals surface area contributed by atoms with Gasteiger partial charge in [0.25, 0.3) is 11.6 Å². The van der Waals surface area contributed by atoms with Gasteiger partial charge >= 0.3 is 0 Å². The summed E-state index contributed by atoms with van der Waals surface area (Å²) < 4.78 is 27.3. The van der Waals surface area contributed by atoms with Crippen LogP contribution in [0.4, 0.5) is 26.4 Å². The zero-order chi connectivity index (χ0) is 24.1. The SMILES string of the molecule is O=C(c1cccc([N+](=O)[O-])c1)n1nc(NCc2ccc(F)cc2)nc1NCc1ccc(F)cc1. The van der Waals surface area contributed by atoms with Crippen LogP contribution in [0.15, 0.2) is 72.8 Å². The lowest BCUT2D eigenvalue weighted by Gasteiger charge is -2.07. The van der Waals surface area contributed by atoms with Gasteiger partial charge in [0.05, 0.1) is 4.92 Å². The van der Waals surface area contributed by atoms with Gasteiger partial charge in [0.1, 0.15) is 11.6 Å². The van der Waals surface area contributed by atoms with Crippen molar-refractivity contribution < 1.29 is 18.5 Å². The van der Waals surface area contributed by atoms with Crippen molar-refractivity contribution in [3.8, 4) is 0 Å². The number of carbonyl (C=O) groups is 1. The molecule has 0 aliphatic rings. The molecule has 0 atom stereocenters. The number of halogens is 2. The molecule has 0 bridgehead atoms. The second kappa shape index (κ2) is 9.86. The van der Waals surface area contributed by atoms with Crippen molar-refractivity contribution in [1.29, 1.82) is 0 Å². The minimum Gasteiger partial charge on any atom is -0.350 e. The molecule has 11 heteroatoms. The van der Waals surface area contributed by atoms with E-state index in [0.29, 0.717) is 0 Å². The number of rotatable bonds is 8. The quantitative estimate of drug-likeness (QED) is 0.294. The molecule has 1 aromatic heterocycles. The fraction of sp³-hybridized carbons (Fsp3) is 0.0870. The molecule has 0 amide bonds. The molecule has 1 heterocycles. The van der Waals surface area contributed by atoms with Crippen LogP contribution in [0, 0.1) is 21.7 Å². The number of carbonyl (C=O) groups excluding carboxylic acids is 1. The van der Waals surface area contributed by atoms with E-state index >= 15 is 0 Å². The Balaban J connectivity index is 1.59. The maximum atomic E-state index is 13.2. The van der Waals surface area contributed by atoms with Crippen LogP contribution in [0.1, 0.15) is 21.5 Å². The number of nitrogens with zero attached hydrogens (tertiary/aromatic N) is 4. The van der Waals surface area contributed by atoms with Crippen molar-refractivity contribution in [2.45, 2.75) is 13.1 Å². The van der Waals surface area contributed by atoms with Crippen molar-refractivity contribution in [2.24, 2.45) is 0 Å². The van der Waals surface area contributed by atoms with E-state index in [9.17, 15) is 23.7 Å². The van der Waals surface area contributed by atoms with Gasteiger partial charge in [-0.15, -0.1) is 5.10 Å². The minimum atomic E-state index is -0.632. The van der Waals surface area contributed by atoms with Gasteiger partial charge in [0.15, 0.2) is 0 Å². The lowest BCUT2D eigenvalue weighted by molar-refractivity contribution is -0.384. The Bertz CT molecular complexity index is 1320. The molecule has 4 rings (SSSR count). The largest absolute Gasteiger partial charge is 0.350 e. The van der Waals surface area contributed by atoms with Crippen molar-refractivity contribution in [1.82, 2.24) is 14.8 Å². The summed E-state index contributed by atoms with van der Waals surface area (Å²) in [5.74, 6) is -1.17. The Hall–Kier alpha value is -4.67. The van der Waals surface area contributed by atoms with E-state index < -0.39 is 10.8 Å². The first-order chi connectivity index (χ1) is 16.4. The summed E-state index contributed by atoms with van der Waals surface area (Å²) in [6, 6.07) is 16.9. The van der Waals surface area contributed by atoms with Gasteiger partial charge in [-0.05, 0) is 41.5 Å². The minimum absolute atomic E-state index is 0.0500. The number of aromatic nitrogens is 3. The highest BCUT2D eigenvalue weighted by Gasteiger charge is 2.20. The van der Waals surface area contributed by atoms with Crippen LogP contribution in [-0.2, 0) is 13.1 Å². The molecule has 0 aliphatic heterocycles. The third kappa shape index (κ3) is 5.38. The average molecular weight is 464 g/mol. The van der Waals surface area contributed by atoms with Gasteiger partial charge < -0.3 is 10.6 Å². The Kier molecular flexibility index (Phi) is 6.53. The van der Waals surface area contributed by atoms with Crippen molar-refractivity contribution in [3.63, 3.8) is 0 Å². The van der Waals surface area contributed by atoms with Gasteiger partial charge in [-0.25, -0.2) is 8.78 Å². The van der Waals surface area contributed by atoms with E-state index in [1.54, 1.807) is 24.3 Å². The summed E-state index contributed by atoms with van der Waals surface area (Å²) in [6.07, 6.45) is 0. The van der Waals surface area contributed by atoms with Crippen LogP contribution < -0.4 is 10.6 Å². The predicted octanol–water partition coefficient (Wildman–Crippen LogP) is 4.38. The molecule has 34 heavy (non-hydrogen) atoms. The third-order valence-electron chi connectivity index (χ3n) is 4.83. The maximum absolute atomic E-state index is 13.2. The fourth-order valence-electron chi connectivity index (χ4n) is 3.08. The summed E-state index contributed by atoms with van der Waals surface area (Å²) in [4.78, 5) is 27.9. The van der Waals surface area contributed by atoms with E-state index in [-0.39, 0.29) is 47.9 Å². The Morgan fingerprint density at radius 1 is 0.912 bits per heavy atom. The summed E-state index contributed by atoms with van der Waals surface area (Å²) in [6.45, 7) is 0.491. The summed E-state index contributed by atoms with van der Waals surface area (Å²) in [5, 5.41) is 21.2. The van der Waals surface area contributed by atoms with Gasteiger partial charge in [-0.2, -0.15) is 9.67 Å². The van der Waals surface area contributed by atoms with Crippen LogP contribution >= 0.6 is 0 Å². The molecular formula is C23H18F2N6O3. The van der Waals surface area contributed by atoms with Gasteiger partial charge in [-0.3, -0.25) is 14.9 Å². The molecule has 0 spiro atoms. The van der Waals surface area contributed by atoms with E-state index in [1.807, 2.05) is 0 Å². The van der Waals surface area contributed by atoms with Gasteiger partial charge in [0.2, 0.25) is 11.9 Å². The average Bonchev–Trinajstić information content (AvgIpc) is 3.26. The Morgan fingerprint density at radius 3 is 2.09 bits per heavy atom. The number of non-ortho nitro benzene ring substituents is 1. The molecule has 3 aromatic carbocycles. The second-order valence-electron chi connectivity index (χ2n) is 7.24. The normalized spacial score (nSPS) is 10.6. The monoisotopic (exact) mass is 464 g/mol. The topological polar surface area (TPSA) is 115 Å². The summed E-state index contributed by atoms with van der Waals surface area (Å²) in [5.41, 5.74) is 1.32. The van der Waals surface area contributed by atoms with E-state index in [0.717, 1.165) is 21.9 Å². The molecule has 0 radical (unpaired) electrons. The van der Waals surface area contributed by atoms with Gasteiger partial charge in [0, 0.05) is 30.8 Å². The van der Waals surface area contributed by atoms with E-state index in [4.69, 9.17) is 0 Å². The highest BCUT2D eigenvalue weighted by Crippen LogP contribution is 2.18. The van der Waals surface area contributed by atoms with Gasteiger partial charge in [-0.1, -0.05) is 30.3 Å². The van der Waals surface area contributed by atoms with Crippen molar-refractivity contribution >= 4 is 23.5 Å². The molecular weight excluding hydrogens is 446 g/mol. The van der Waals surface area contributed by atoms with E-state index in [2.05, 4.69) is 20.7 Å². The molecule has 0 fully saturated rings. The predicted molar refractivity (Wildman–Crippen MR) is 120 cm³/mol. The Morgan fingerprint density at radius 2 is 1.50 bits per heavy atom. The fourth-order valence-corrected chi connectivity index (χ4v) is 3.08. The molecule has 2 N–H and O–H groups in total. The zero-order valence-corrected chi connectivity index (χ0v) is 17.6. The highest BCUT2D eigenvalue weighted by atomic mass is 19.1. The first-order valence-corrected chi connectivity index (χ1v) is 10.1. The summed E-state index contributed by atoms with van der Waals surface area (Å²) in [7, 11) is 0. The lowest BCUT2D eigenvalue weighted by atomic mass is 10.2. The van der Waals surface area contributed by atoms with E-state index in [1.165, 1.54) is 42.5 Å². The first-order valence-electron chi connectivity index (χ1n) is 10.1. The Labute approximate surface area is 192 Å². The van der Waals surface area contributed by atoms with Crippen molar-refractivity contribution in [2.75, 3.05) is 10.6 Å². The number of hydrogen-bond donors (Lipinski definition) is 2.